The van der Waals surface area contributed by atoms with Crippen molar-refractivity contribution in [3.63, 3.8) is 0 Å². The lowest BCUT2D eigenvalue weighted by Crippen LogP contribution is -2.37. The molecule has 21 heavy (non-hydrogen) atoms. The number of benzene rings is 1. The highest BCUT2D eigenvalue weighted by Gasteiger charge is 2.32. The van der Waals surface area contributed by atoms with Gasteiger partial charge in [-0.15, -0.1) is 0 Å². The van der Waals surface area contributed by atoms with Crippen LogP contribution in [0.5, 0.6) is 0 Å². The standard InChI is InChI=1S/C12H14F3NO4S/c1-3-4-16(7-11(17)20-2)21(18,19)12-9(14)5-8(13)6-10(12)15/h5-6H,3-4,7H2,1-2H3. The summed E-state index contributed by atoms with van der Waals surface area (Å²) in [6.45, 7) is 0.786. The number of esters is 1. The fourth-order valence-corrected chi connectivity index (χ4v) is 3.21. The van der Waals surface area contributed by atoms with Crippen LogP contribution in [0.1, 0.15) is 13.3 Å². The highest BCUT2D eigenvalue weighted by molar-refractivity contribution is 7.89. The van der Waals surface area contributed by atoms with Gasteiger partial charge in [-0.1, -0.05) is 6.92 Å². The highest BCUT2D eigenvalue weighted by atomic mass is 32.2. The molecule has 0 aliphatic carbocycles. The Labute approximate surface area is 120 Å². The van der Waals surface area contributed by atoms with Gasteiger partial charge in [-0.3, -0.25) is 4.79 Å². The molecule has 0 spiro atoms. The Balaban J connectivity index is 3.32. The van der Waals surface area contributed by atoms with E-state index in [9.17, 15) is 26.4 Å². The molecule has 0 saturated carbocycles. The van der Waals surface area contributed by atoms with Crippen LogP contribution in [0.4, 0.5) is 13.2 Å². The van der Waals surface area contributed by atoms with Crippen LogP contribution in [0, 0.1) is 17.5 Å². The van der Waals surface area contributed by atoms with E-state index in [2.05, 4.69) is 4.74 Å². The third-order valence-electron chi connectivity index (χ3n) is 2.57. The first-order valence-corrected chi connectivity index (χ1v) is 7.39. The minimum atomic E-state index is -4.63. The molecule has 5 nitrogen and oxygen atoms in total. The molecule has 0 aromatic heterocycles. The van der Waals surface area contributed by atoms with E-state index >= 15 is 0 Å². The average molecular weight is 325 g/mol. The van der Waals surface area contributed by atoms with E-state index in [0.717, 1.165) is 7.11 Å². The van der Waals surface area contributed by atoms with Gasteiger partial charge in [-0.05, 0) is 6.42 Å². The maximum Gasteiger partial charge on any atom is 0.321 e. The molecular formula is C12H14F3NO4S. The zero-order valence-corrected chi connectivity index (χ0v) is 12.2. The van der Waals surface area contributed by atoms with Crippen molar-refractivity contribution in [1.29, 1.82) is 0 Å². The molecule has 0 amide bonds. The maximum absolute atomic E-state index is 13.6. The molecule has 0 unspecified atom stereocenters. The van der Waals surface area contributed by atoms with Crippen molar-refractivity contribution in [2.24, 2.45) is 0 Å². The van der Waals surface area contributed by atoms with Crippen LogP contribution < -0.4 is 0 Å². The topological polar surface area (TPSA) is 63.7 Å². The van der Waals surface area contributed by atoms with E-state index in [1.54, 1.807) is 6.92 Å². The maximum atomic E-state index is 13.6. The number of rotatable bonds is 6. The van der Waals surface area contributed by atoms with Crippen molar-refractivity contribution >= 4 is 16.0 Å². The molecule has 0 radical (unpaired) electrons. The molecule has 1 aromatic rings. The summed E-state index contributed by atoms with van der Waals surface area (Å²) in [5.41, 5.74) is 0. The summed E-state index contributed by atoms with van der Waals surface area (Å²) in [6.07, 6.45) is 0.306. The molecule has 1 aromatic carbocycles. The van der Waals surface area contributed by atoms with Gasteiger partial charge < -0.3 is 4.74 Å². The van der Waals surface area contributed by atoms with Crippen molar-refractivity contribution in [3.8, 4) is 0 Å². The number of carbonyl (C=O) groups excluding carboxylic acids is 1. The molecule has 0 N–H and O–H groups in total. The smallest absolute Gasteiger partial charge is 0.321 e. The Hall–Kier alpha value is -1.61. The van der Waals surface area contributed by atoms with Crippen LogP contribution in [0.3, 0.4) is 0 Å². The molecular weight excluding hydrogens is 311 g/mol. The second-order valence-corrected chi connectivity index (χ2v) is 5.99. The van der Waals surface area contributed by atoms with E-state index in [0.29, 0.717) is 10.7 Å². The summed E-state index contributed by atoms with van der Waals surface area (Å²) in [4.78, 5) is 9.93. The second-order valence-electron chi connectivity index (χ2n) is 4.11. The number of hydrogen-bond acceptors (Lipinski definition) is 4. The number of sulfonamides is 1. The van der Waals surface area contributed by atoms with Crippen LogP contribution in [-0.2, 0) is 19.6 Å². The van der Waals surface area contributed by atoms with Gasteiger partial charge in [-0.25, -0.2) is 21.6 Å². The van der Waals surface area contributed by atoms with E-state index in [4.69, 9.17) is 0 Å². The SMILES string of the molecule is CCCN(CC(=O)OC)S(=O)(=O)c1c(F)cc(F)cc1F. The van der Waals surface area contributed by atoms with E-state index in [-0.39, 0.29) is 18.7 Å². The predicted molar refractivity (Wildman–Crippen MR) is 67.4 cm³/mol. The highest BCUT2D eigenvalue weighted by Crippen LogP contribution is 2.24. The molecule has 118 valence electrons. The minimum Gasteiger partial charge on any atom is -0.468 e. The third kappa shape index (κ3) is 3.94. The van der Waals surface area contributed by atoms with Crippen LogP contribution in [0.2, 0.25) is 0 Å². The Morgan fingerprint density at radius 1 is 1.24 bits per heavy atom. The van der Waals surface area contributed by atoms with Crippen molar-refractivity contribution in [1.82, 2.24) is 4.31 Å². The number of halogens is 3. The van der Waals surface area contributed by atoms with Gasteiger partial charge in [0.2, 0.25) is 10.0 Å². The third-order valence-corrected chi connectivity index (χ3v) is 4.46. The van der Waals surface area contributed by atoms with Crippen molar-refractivity contribution in [3.05, 3.63) is 29.6 Å². The lowest BCUT2D eigenvalue weighted by molar-refractivity contribution is -0.140. The van der Waals surface area contributed by atoms with E-state index in [1.165, 1.54) is 0 Å². The van der Waals surface area contributed by atoms with Gasteiger partial charge in [-0.2, -0.15) is 4.31 Å². The average Bonchev–Trinajstić information content (AvgIpc) is 2.36. The largest absolute Gasteiger partial charge is 0.468 e. The van der Waals surface area contributed by atoms with Crippen LogP contribution in [0.15, 0.2) is 17.0 Å². The van der Waals surface area contributed by atoms with Gasteiger partial charge >= 0.3 is 5.97 Å². The molecule has 0 aliphatic rings. The molecule has 1 rings (SSSR count). The lowest BCUT2D eigenvalue weighted by atomic mass is 10.3. The minimum absolute atomic E-state index is 0.145. The second kappa shape index (κ2) is 6.90. The molecule has 0 heterocycles. The van der Waals surface area contributed by atoms with Crippen LogP contribution in [-0.4, -0.2) is 38.9 Å². The first-order chi connectivity index (χ1) is 9.73. The summed E-state index contributed by atoms with van der Waals surface area (Å²) in [5, 5.41) is 0. The number of methoxy groups -OCH3 is 1. The van der Waals surface area contributed by atoms with E-state index in [1.807, 2.05) is 0 Å². The van der Waals surface area contributed by atoms with Crippen LogP contribution >= 0.6 is 0 Å². The summed E-state index contributed by atoms with van der Waals surface area (Å²) >= 11 is 0. The van der Waals surface area contributed by atoms with Gasteiger partial charge in [0.05, 0.1) is 7.11 Å². The zero-order chi connectivity index (χ0) is 16.2. The summed E-state index contributed by atoms with van der Waals surface area (Å²) < 4.78 is 69.5. The predicted octanol–water partition coefficient (Wildman–Crippen LogP) is 1.68. The monoisotopic (exact) mass is 325 g/mol. The molecule has 0 saturated heterocycles. The summed E-state index contributed by atoms with van der Waals surface area (Å²) in [6, 6.07) is 0.524. The first-order valence-electron chi connectivity index (χ1n) is 5.95. The van der Waals surface area contributed by atoms with Gasteiger partial charge in [0.1, 0.15) is 24.0 Å². The fourth-order valence-electron chi connectivity index (χ4n) is 1.65. The zero-order valence-electron chi connectivity index (χ0n) is 11.4. The quantitative estimate of drug-likeness (QED) is 0.747. The molecule has 9 heteroatoms. The van der Waals surface area contributed by atoms with Crippen LogP contribution in [0.25, 0.3) is 0 Å². The Morgan fingerprint density at radius 2 is 1.76 bits per heavy atom. The number of hydrogen-bond donors (Lipinski definition) is 0. The van der Waals surface area contributed by atoms with Crippen molar-refractivity contribution in [2.45, 2.75) is 18.2 Å². The Bertz CT molecular complexity index is 610. The molecule has 0 bridgehead atoms. The van der Waals surface area contributed by atoms with Crippen molar-refractivity contribution in [2.75, 3.05) is 20.2 Å². The summed E-state index contributed by atoms with van der Waals surface area (Å²) in [7, 11) is -3.58. The van der Waals surface area contributed by atoms with Gasteiger partial charge in [0, 0.05) is 18.7 Å². The Kier molecular flexibility index (Phi) is 5.73. The van der Waals surface area contributed by atoms with Crippen molar-refractivity contribution < 1.29 is 31.1 Å². The van der Waals surface area contributed by atoms with Gasteiger partial charge in [0.15, 0.2) is 4.90 Å². The molecule has 0 fully saturated rings. The van der Waals surface area contributed by atoms with Gasteiger partial charge in [0.25, 0.3) is 0 Å². The first kappa shape index (κ1) is 17.4. The lowest BCUT2D eigenvalue weighted by Gasteiger charge is -2.20. The molecule has 0 atom stereocenters. The normalized spacial score (nSPS) is 11.7. The fraction of sp³-hybridized carbons (Fsp3) is 0.417. The number of ether oxygens (including phenoxy) is 1. The summed E-state index contributed by atoms with van der Waals surface area (Å²) in [5.74, 6) is -5.23. The van der Waals surface area contributed by atoms with E-state index < -0.39 is 44.9 Å². The number of nitrogens with zero attached hydrogens (tertiary/aromatic N) is 1. The Morgan fingerprint density at radius 3 is 2.19 bits per heavy atom. The molecule has 0 aliphatic heterocycles. The number of carbonyl (C=O) groups is 1.